The van der Waals surface area contributed by atoms with Crippen LogP contribution in [-0.2, 0) is 0 Å². The van der Waals surface area contributed by atoms with E-state index in [-0.39, 0.29) is 5.82 Å². The van der Waals surface area contributed by atoms with Crippen molar-refractivity contribution in [3.05, 3.63) is 39.9 Å². The lowest BCUT2D eigenvalue weighted by Gasteiger charge is -2.11. The Balaban J connectivity index is 2.36. The lowest BCUT2D eigenvalue weighted by atomic mass is 10.2. The zero-order valence-electron chi connectivity index (χ0n) is 9.96. The molecule has 94 valence electrons. The minimum Gasteiger partial charge on any atom is -0.383 e. The van der Waals surface area contributed by atoms with Crippen LogP contribution in [0.2, 0.25) is 0 Å². The minimum absolute atomic E-state index is 0.310. The van der Waals surface area contributed by atoms with E-state index in [0.29, 0.717) is 21.9 Å². The molecule has 6 heteroatoms. The largest absolute Gasteiger partial charge is 0.383 e. The molecule has 0 fully saturated rings. The van der Waals surface area contributed by atoms with Crippen molar-refractivity contribution in [1.82, 2.24) is 9.97 Å². The molecule has 0 saturated carbocycles. The van der Waals surface area contributed by atoms with Gasteiger partial charge in [0.1, 0.15) is 23.3 Å². The van der Waals surface area contributed by atoms with Gasteiger partial charge in [-0.05, 0) is 48.0 Å². The maximum Gasteiger partial charge on any atom is 0.139 e. The number of benzene rings is 1. The normalized spacial score (nSPS) is 10.4. The number of hydrogen-bond donors (Lipinski definition) is 2. The smallest absolute Gasteiger partial charge is 0.139 e. The second-order valence-corrected chi connectivity index (χ2v) is 4.74. The van der Waals surface area contributed by atoms with Crippen LogP contribution in [-0.4, -0.2) is 9.97 Å². The number of hydrogen-bond acceptors (Lipinski definition) is 4. The van der Waals surface area contributed by atoms with Gasteiger partial charge in [0.05, 0.1) is 4.47 Å². The Morgan fingerprint density at radius 3 is 2.67 bits per heavy atom. The summed E-state index contributed by atoms with van der Waals surface area (Å²) in [6, 6.07) is 4.65. The van der Waals surface area contributed by atoms with E-state index in [2.05, 4.69) is 31.2 Å². The maximum absolute atomic E-state index is 13.1. The van der Waals surface area contributed by atoms with Gasteiger partial charge in [0, 0.05) is 11.3 Å². The summed E-state index contributed by atoms with van der Waals surface area (Å²) in [5.74, 6) is 1.34. The zero-order chi connectivity index (χ0) is 13.3. The van der Waals surface area contributed by atoms with Crippen LogP contribution in [0.5, 0.6) is 0 Å². The molecule has 1 aromatic carbocycles. The molecule has 0 bridgehead atoms. The molecule has 2 aromatic rings. The number of nitrogens with zero attached hydrogens (tertiary/aromatic N) is 2. The third-order valence-corrected chi connectivity index (χ3v) is 3.09. The first kappa shape index (κ1) is 12.8. The van der Waals surface area contributed by atoms with Crippen molar-refractivity contribution in [2.45, 2.75) is 13.8 Å². The van der Waals surface area contributed by atoms with E-state index in [1.165, 1.54) is 6.07 Å². The van der Waals surface area contributed by atoms with Crippen LogP contribution >= 0.6 is 15.9 Å². The zero-order valence-corrected chi connectivity index (χ0v) is 11.5. The van der Waals surface area contributed by atoms with Gasteiger partial charge in [0.15, 0.2) is 0 Å². The second kappa shape index (κ2) is 4.89. The molecule has 0 saturated heterocycles. The summed E-state index contributed by atoms with van der Waals surface area (Å²) in [4.78, 5) is 8.33. The van der Waals surface area contributed by atoms with E-state index in [1.807, 2.05) is 6.92 Å². The van der Waals surface area contributed by atoms with Crippen LogP contribution in [0.1, 0.15) is 11.4 Å². The highest BCUT2D eigenvalue weighted by atomic mass is 79.9. The van der Waals surface area contributed by atoms with Crippen molar-refractivity contribution in [3.63, 3.8) is 0 Å². The summed E-state index contributed by atoms with van der Waals surface area (Å²) >= 11 is 3.13. The molecule has 0 aliphatic carbocycles. The van der Waals surface area contributed by atoms with Crippen LogP contribution in [0.15, 0.2) is 22.7 Å². The molecule has 3 N–H and O–H groups in total. The molecule has 0 spiro atoms. The van der Waals surface area contributed by atoms with E-state index in [9.17, 15) is 4.39 Å². The van der Waals surface area contributed by atoms with Gasteiger partial charge in [0.25, 0.3) is 0 Å². The van der Waals surface area contributed by atoms with E-state index in [4.69, 9.17) is 5.73 Å². The Hall–Kier alpha value is -1.69. The Morgan fingerprint density at radius 1 is 1.28 bits per heavy atom. The second-order valence-electron chi connectivity index (χ2n) is 3.88. The first-order valence-electron chi connectivity index (χ1n) is 5.30. The van der Waals surface area contributed by atoms with E-state index < -0.39 is 0 Å². The van der Waals surface area contributed by atoms with Crippen LogP contribution in [0.3, 0.4) is 0 Å². The number of aryl methyl sites for hydroxylation is 1. The summed E-state index contributed by atoms with van der Waals surface area (Å²) in [7, 11) is 0. The number of nitrogens with two attached hydrogens (primary N) is 1. The molecule has 1 aromatic heterocycles. The summed E-state index contributed by atoms with van der Waals surface area (Å²) in [6.45, 7) is 3.59. The van der Waals surface area contributed by atoms with Crippen LogP contribution in [0.25, 0.3) is 0 Å². The fourth-order valence-corrected chi connectivity index (χ4v) is 1.86. The van der Waals surface area contributed by atoms with Gasteiger partial charge in [-0.3, -0.25) is 0 Å². The van der Waals surface area contributed by atoms with Gasteiger partial charge in [-0.25, -0.2) is 14.4 Å². The minimum atomic E-state index is -0.310. The molecule has 0 radical (unpaired) electrons. The highest BCUT2D eigenvalue weighted by Crippen LogP contribution is 2.25. The van der Waals surface area contributed by atoms with Crippen molar-refractivity contribution in [1.29, 1.82) is 0 Å². The molecule has 4 nitrogen and oxygen atoms in total. The number of anilines is 3. The molecular weight excluding hydrogens is 299 g/mol. The SMILES string of the molecule is Cc1nc(N)c(C)c(Nc2ccc(F)c(Br)c2)n1. The molecule has 2 rings (SSSR count). The molecule has 1 heterocycles. The lowest BCUT2D eigenvalue weighted by Crippen LogP contribution is -2.04. The van der Waals surface area contributed by atoms with Crippen molar-refractivity contribution in [2.75, 3.05) is 11.1 Å². The van der Waals surface area contributed by atoms with Crippen LogP contribution in [0.4, 0.5) is 21.7 Å². The fraction of sp³-hybridized carbons (Fsp3) is 0.167. The van der Waals surface area contributed by atoms with Gasteiger partial charge in [0.2, 0.25) is 0 Å². The summed E-state index contributed by atoms with van der Waals surface area (Å²) in [5, 5.41) is 3.09. The Kier molecular flexibility index (Phi) is 3.47. The van der Waals surface area contributed by atoms with E-state index in [0.717, 1.165) is 11.3 Å². The first-order valence-corrected chi connectivity index (χ1v) is 6.09. The lowest BCUT2D eigenvalue weighted by molar-refractivity contribution is 0.621. The number of aromatic nitrogens is 2. The highest BCUT2D eigenvalue weighted by molar-refractivity contribution is 9.10. The van der Waals surface area contributed by atoms with Crippen LogP contribution < -0.4 is 11.1 Å². The van der Waals surface area contributed by atoms with E-state index in [1.54, 1.807) is 19.1 Å². The fourth-order valence-electron chi connectivity index (χ4n) is 1.48. The van der Waals surface area contributed by atoms with Gasteiger partial charge in [-0.2, -0.15) is 0 Å². The number of nitrogens with one attached hydrogen (secondary N) is 1. The quantitative estimate of drug-likeness (QED) is 0.893. The summed E-state index contributed by atoms with van der Waals surface area (Å²) in [5.41, 5.74) is 7.26. The molecular formula is C12H12BrFN4. The first-order chi connectivity index (χ1) is 8.47. The van der Waals surface area contributed by atoms with Crippen molar-refractivity contribution in [2.24, 2.45) is 0 Å². The van der Waals surface area contributed by atoms with Crippen molar-refractivity contribution in [3.8, 4) is 0 Å². The molecule has 0 amide bonds. The monoisotopic (exact) mass is 310 g/mol. The Morgan fingerprint density at radius 2 is 2.00 bits per heavy atom. The third-order valence-electron chi connectivity index (χ3n) is 2.48. The molecule has 18 heavy (non-hydrogen) atoms. The predicted octanol–water partition coefficient (Wildman–Crippen LogP) is 3.32. The van der Waals surface area contributed by atoms with Gasteiger partial charge in [-0.1, -0.05) is 0 Å². The molecule has 0 aliphatic heterocycles. The third kappa shape index (κ3) is 2.59. The van der Waals surface area contributed by atoms with Gasteiger partial charge < -0.3 is 11.1 Å². The van der Waals surface area contributed by atoms with Crippen LogP contribution in [0, 0.1) is 19.7 Å². The molecule has 0 unspecified atom stereocenters. The highest BCUT2D eigenvalue weighted by Gasteiger charge is 2.08. The number of rotatable bonds is 2. The topological polar surface area (TPSA) is 63.8 Å². The predicted molar refractivity (Wildman–Crippen MR) is 73.3 cm³/mol. The average molecular weight is 311 g/mol. The molecule has 0 atom stereocenters. The Labute approximate surface area is 113 Å². The average Bonchev–Trinajstić information content (AvgIpc) is 2.30. The standard InChI is InChI=1S/C12H12BrFN4/c1-6-11(15)16-7(2)17-12(6)18-8-3-4-10(14)9(13)5-8/h3-5H,1-2H3,(H3,15,16,17,18). The summed E-state index contributed by atoms with van der Waals surface area (Å²) < 4.78 is 13.5. The number of nitrogen functional groups attached to an aromatic ring is 1. The van der Waals surface area contributed by atoms with Crippen molar-refractivity contribution < 1.29 is 4.39 Å². The van der Waals surface area contributed by atoms with E-state index >= 15 is 0 Å². The molecule has 0 aliphatic rings. The van der Waals surface area contributed by atoms with Gasteiger partial charge >= 0.3 is 0 Å². The van der Waals surface area contributed by atoms with Gasteiger partial charge in [-0.15, -0.1) is 0 Å². The summed E-state index contributed by atoms with van der Waals surface area (Å²) in [6.07, 6.45) is 0. The Bertz CT molecular complexity index is 601. The maximum atomic E-state index is 13.1. The number of halogens is 2. The van der Waals surface area contributed by atoms with Crippen molar-refractivity contribution >= 4 is 33.3 Å².